The monoisotopic (exact) mass is 266 g/mol. The van der Waals surface area contributed by atoms with E-state index in [0.29, 0.717) is 16.9 Å². The Bertz CT molecular complexity index is 642. The molecule has 0 aliphatic rings. The molecule has 0 saturated heterocycles. The fourth-order valence-electron chi connectivity index (χ4n) is 1.65. The second-order valence-corrected chi connectivity index (χ2v) is 4.24. The van der Waals surface area contributed by atoms with Crippen molar-refractivity contribution in [2.24, 2.45) is 0 Å². The molecule has 0 heterocycles. The number of hydrogen-bond acceptors (Lipinski definition) is 3. The van der Waals surface area contributed by atoms with Gasteiger partial charge in [0.05, 0.1) is 5.56 Å². The number of rotatable bonds is 4. The Balaban J connectivity index is 2.21. The van der Waals surface area contributed by atoms with Gasteiger partial charge in [-0.1, -0.05) is 36.4 Å². The van der Waals surface area contributed by atoms with Gasteiger partial charge in [-0.05, 0) is 37.3 Å². The second-order valence-electron chi connectivity index (χ2n) is 4.24. The van der Waals surface area contributed by atoms with E-state index in [1.54, 1.807) is 48.5 Å². The number of carbonyl (C=O) groups is 2. The highest BCUT2D eigenvalue weighted by atomic mass is 16.5. The van der Waals surface area contributed by atoms with Gasteiger partial charge in [-0.3, -0.25) is 4.79 Å². The standard InChI is InChI=1S/C17H14O3/c1-13(18)11-12-14-7-5-6-10-16(14)20-17(19)15-8-3-2-4-9-15/h2-12H,1H3. The summed E-state index contributed by atoms with van der Waals surface area (Å²) in [5.74, 6) is -0.0534. The van der Waals surface area contributed by atoms with Crippen molar-refractivity contribution >= 4 is 17.8 Å². The van der Waals surface area contributed by atoms with Crippen LogP contribution in [0.2, 0.25) is 0 Å². The molecule has 0 atom stereocenters. The first kappa shape index (κ1) is 13.7. The van der Waals surface area contributed by atoms with E-state index in [-0.39, 0.29) is 5.78 Å². The van der Waals surface area contributed by atoms with Crippen LogP contribution in [0.3, 0.4) is 0 Å². The van der Waals surface area contributed by atoms with Crippen LogP contribution in [-0.4, -0.2) is 11.8 Å². The Hall–Kier alpha value is -2.68. The molecule has 0 aliphatic heterocycles. The first-order valence-electron chi connectivity index (χ1n) is 6.22. The van der Waals surface area contributed by atoms with E-state index >= 15 is 0 Å². The van der Waals surface area contributed by atoms with Crippen molar-refractivity contribution in [1.82, 2.24) is 0 Å². The van der Waals surface area contributed by atoms with E-state index in [0.717, 1.165) is 0 Å². The van der Waals surface area contributed by atoms with E-state index in [1.807, 2.05) is 12.1 Å². The Labute approximate surface area is 117 Å². The van der Waals surface area contributed by atoms with E-state index < -0.39 is 5.97 Å². The minimum Gasteiger partial charge on any atom is -0.422 e. The lowest BCUT2D eigenvalue weighted by atomic mass is 10.1. The molecule has 100 valence electrons. The third-order valence-electron chi connectivity index (χ3n) is 2.63. The molecule has 0 radical (unpaired) electrons. The van der Waals surface area contributed by atoms with Gasteiger partial charge in [0.2, 0.25) is 0 Å². The zero-order valence-electron chi connectivity index (χ0n) is 11.1. The van der Waals surface area contributed by atoms with Gasteiger partial charge in [0.1, 0.15) is 5.75 Å². The lowest BCUT2D eigenvalue weighted by Gasteiger charge is -2.07. The Morgan fingerprint density at radius 2 is 1.60 bits per heavy atom. The van der Waals surface area contributed by atoms with E-state index in [1.165, 1.54) is 13.0 Å². The largest absolute Gasteiger partial charge is 0.422 e. The van der Waals surface area contributed by atoms with Crippen LogP contribution in [0.25, 0.3) is 6.08 Å². The lowest BCUT2D eigenvalue weighted by Crippen LogP contribution is -2.08. The summed E-state index contributed by atoms with van der Waals surface area (Å²) in [6.45, 7) is 1.47. The number of ether oxygens (including phenoxy) is 1. The summed E-state index contributed by atoms with van der Waals surface area (Å²) in [7, 11) is 0. The third-order valence-corrected chi connectivity index (χ3v) is 2.63. The molecule has 3 heteroatoms. The summed E-state index contributed by atoms with van der Waals surface area (Å²) in [6.07, 6.45) is 3.07. The van der Waals surface area contributed by atoms with E-state index in [9.17, 15) is 9.59 Å². The Kier molecular flexibility index (Phi) is 4.45. The molecule has 0 spiro atoms. The average molecular weight is 266 g/mol. The third kappa shape index (κ3) is 3.65. The van der Waals surface area contributed by atoms with Crippen molar-refractivity contribution < 1.29 is 14.3 Å². The molecule has 0 bridgehead atoms. The summed E-state index contributed by atoms with van der Waals surface area (Å²) in [5.41, 5.74) is 1.17. The van der Waals surface area contributed by atoms with Crippen LogP contribution in [0, 0.1) is 0 Å². The van der Waals surface area contributed by atoms with Gasteiger partial charge in [-0.25, -0.2) is 4.79 Å². The highest BCUT2D eigenvalue weighted by Gasteiger charge is 2.09. The maximum absolute atomic E-state index is 12.0. The number of para-hydroxylation sites is 1. The second kappa shape index (κ2) is 6.48. The molecule has 2 rings (SSSR count). The number of esters is 1. The van der Waals surface area contributed by atoms with Crippen LogP contribution >= 0.6 is 0 Å². The van der Waals surface area contributed by atoms with Gasteiger partial charge in [0.15, 0.2) is 5.78 Å². The minimum absolute atomic E-state index is 0.0609. The zero-order chi connectivity index (χ0) is 14.4. The summed E-state index contributed by atoms with van der Waals surface area (Å²) >= 11 is 0. The van der Waals surface area contributed by atoms with Crippen LogP contribution in [-0.2, 0) is 4.79 Å². The smallest absolute Gasteiger partial charge is 0.343 e. The molecule has 3 nitrogen and oxygen atoms in total. The molecule has 2 aromatic rings. The van der Waals surface area contributed by atoms with Gasteiger partial charge in [0, 0.05) is 5.56 Å². The minimum atomic E-state index is -0.422. The average Bonchev–Trinajstić information content (AvgIpc) is 2.47. The molecule has 20 heavy (non-hydrogen) atoms. The number of hydrogen-bond donors (Lipinski definition) is 0. The summed E-state index contributed by atoms with van der Waals surface area (Å²) in [5, 5.41) is 0. The molecule has 0 saturated carbocycles. The topological polar surface area (TPSA) is 43.4 Å². The summed E-state index contributed by atoms with van der Waals surface area (Å²) in [4.78, 5) is 23.0. The summed E-state index contributed by atoms with van der Waals surface area (Å²) < 4.78 is 5.36. The molecular formula is C17H14O3. The predicted octanol–water partition coefficient (Wildman–Crippen LogP) is 3.51. The molecule has 0 amide bonds. The quantitative estimate of drug-likeness (QED) is 0.483. The van der Waals surface area contributed by atoms with Crippen molar-refractivity contribution in [2.45, 2.75) is 6.92 Å². The maximum atomic E-state index is 12.0. The van der Waals surface area contributed by atoms with Crippen molar-refractivity contribution in [3.63, 3.8) is 0 Å². The van der Waals surface area contributed by atoms with Crippen molar-refractivity contribution in [2.75, 3.05) is 0 Å². The predicted molar refractivity (Wildman–Crippen MR) is 77.6 cm³/mol. The zero-order valence-corrected chi connectivity index (χ0v) is 11.1. The molecule has 0 aromatic heterocycles. The maximum Gasteiger partial charge on any atom is 0.343 e. The molecule has 0 fully saturated rings. The van der Waals surface area contributed by atoms with Gasteiger partial charge in [-0.15, -0.1) is 0 Å². The lowest BCUT2D eigenvalue weighted by molar-refractivity contribution is -0.112. The number of benzene rings is 2. The SMILES string of the molecule is CC(=O)C=Cc1ccccc1OC(=O)c1ccccc1. The fourth-order valence-corrected chi connectivity index (χ4v) is 1.65. The van der Waals surface area contributed by atoms with Gasteiger partial charge in [-0.2, -0.15) is 0 Å². The van der Waals surface area contributed by atoms with Crippen molar-refractivity contribution in [3.8, 4) is 5.75 Å². The van der Waals surface area contributed by atoms with Crippen LogP contribution < -0.4 is 4.74 Å². The first-order chi connectivity index (χ1) is 9.66. The number of carbonyl (C=O) groups excluding carboxylic acids is 2. The van der Waals surface area contributed by atoms with Crippen LogP contribution in [0.4, 0.5) is 0 Å². The molecule has 0 N–H and O–H groups in total. The normalized spacial score (nSPS) is 10.4. The van der Waals surface area contributed by atoms with Crippen molar-refractivity contribution in [1.29, 1.82) is 0 Å². The Morgan fingerprint density at radius 1 is 0.950 bits per heavy atom. The molecule has 0 aliphatic carbocycles. The van der Waals surface area contributed by atoms with E-state index in [4.69, 9.17) is 4.74 Å². The van der Waals surface area contributed by atoms with Crippen LogP contribution in [0.5, 0.6) is 5.75 Å². The van der Waals surface area contributed by atoms with E-state index in [2.05, 4.69) is 0 Å². The van der Waals surface area contributed by atoms with Crippen LogP contribution in [0.1, 0.15) is 22.8 Å². The highest BCUT2D eigenvalue weighted by molar-refractivity contribution is 5.93. The molecule has 0 unspecified atom stereocenters. The molecule has 2 aromatic carbocycles. The van der Waals surface area contributed by atoms with Gasteiger partial charge in [0.25, 0.3) is 0 Å². The van der Waals surface area contributed by atoms with Gasteiger partial charge >= 0.3 is 5.97 Å². The molecular weight excluding hydrogens is 252 g/mol. The number of ketones is 1. The fraction of sp³-hybridized carbons (Fsp3) is 0.0588. The van der Waals surface area contributed by atoms with Crippen molar-refractivity contribution in [3.05, 3.63) is 71.8 Å². The first-order valence-corrected chi connectivity index (χ1v) is 6.22. The Morgan fingerprint density at radius 3 is 2.30 bits per heavy atom. The highest BCUT2D eigenvalue weighted by Crippen LogP contribution is 2.20. The number of allylic oxidation sites excluding steroid dienone is 1. The van der Waals surface area contributed by atoms with Gasteiger partial charge < -0.3 is 4.74 Å². The van der Waals surface area contributed by atoms with Crippen LogP contribution in [0.15, 0.2) is 60.7 Å². The summed E-state index contributed by atoms with van der Waals surface area (Å²) in [6, 6.07) is 15.8.